The minimum atomic E-state index is -0.908. The Morgan fingerprint density at radius 1 is 1.43 bits per heavy atom. The number of aromatic amines is 1. The predicted molar refractivity (Wildman–Crippen MR) is 57.9 cm³/mol. The molecule has 1 aromatic heterocycles. The summed E-state index contributed by atoms with van der Waals surface area (Å²) >= 11 is 4.14. The van der Waals surface area contributed by atoms with Crippen molar-refractivity contribution < 1.29 is 9.90 Å². The van der Waals surface area contributed by atoms with Crippen LogP contribution in [-0.2, 0) is 5.75 Å². The maximum atomic E-state index is 10.7. The maximum Gasteiger partial charge on any atom is 0.335 e. The fraction of sp³-hybridized carbons (Fsp3) is 0.100. The van der Waals surface area contributed by atoms with Crippen LogP contribution in [0.15, 0.2) is 24.3 Å². The van der Waals surface area contributed by atoms with Crippen molar-refractivity contribution in [2.75, 3.05) is 0 Å². The molecule has 0 aliphatic rings. The zero-order valence-corrected chi connectivity index (χ0v) is 8.21. The van der Waals surface area contributed by atoms with Crippen LogP contribution in [0.25, 0.3) is 10.9 Å². The summed E-state index contributed by atoms with van der Waals surface area (Å²) in [6, 6.07) is 6.99. The molecule has 0 aliphatic heterocycles. The van der Waals surface area contributed by atoms with E-state index in [1.54, 1.807) is 18.2 Å². The van der Waals surface area contributed by atoms with Gasteiger partial charge in [0.25, 0.3) is 0 Å². The maximum absolute atomic E-state index is 10.7. The van der Waals surface area contributed by atoms with Crippen LogP contribution in [0.4, 0.5) is 0 Å². The first kappa shape index (κ1) is 9.15. The van der Waals surface area contributed by atoms with Gasteiger partial charge in [0.15, 0.2) is 0 Å². The highest BCUT2D eigenvalue weighted by Crippen LogP contribution is 2.18. The molecule has 0 spiro atoms. The van der Waals surface area contributed by atoms with Crippen molar-refractivity contribution in [3.63, 3.8) is 0 Å². The first-order valence-corrected chi connectivity index (χ1v) is 4.80. The van der Waals surface area contributed by atoms with Crippen LogP contribution >= 0.6 is 12.6 Å². The van der Waals surface area contributed by atoms with Crippen LogP contribution in [0.3, 0.4) is 0 Å². The van der Waals surface area contributed by atoms with Gasteiger partial charge in [-0.2, -0.15) is 12.6 Å². The van der Waals surface area contributed by atoms with Crippen molar-refractivity contribution >= 4 is 29.5 Å². The van der Waals surface area contributed by atoms with Crippen molar-refractivity contribution in [3.8, 4) is 0 Å². The van der Waals surface area contributed by atoms with E-state index in [0.717, 1.165) is 16.6 Å². The Kier molecular flexibility index (Phi) is 2.21. The number of carboxylic acid groups (broad SMARTS) is 1. The topological polar surface area (TPSA) is 53.1 Å². The van der Waals surface area contributed by atoms with E-state index < -0.39 is 5.97 Å². The summed E-state index contributed by atoms with van der Waals surface area (Å²) in [6.07, 6.45) is 0. The lowest BCUT2D eigenvalue weighted by atomic mass is 10.2. The van der Waals surface area contributed by atoms with Gasteiger partial charge in [-0.25, -0.2) is 4.79 Å². The standard InChI is InChI=1S/C10H9NO2S/c12-10(13)7-2-1-6-3-8(5-14)11-9(6)4-7/h1-4,11,14H,5H2,(H,12,13). The van der Waals surface area contributed by atoms with Crippen molar-refractivity contribution in [2.45, 2.75) is 5.75 Å². The van der Waals surface area contributed by atoms with Crippen LogP contribution < -0.4 is 0 Å². The molecule has 2 rings (SSSR count). The van der Waals surface area contributed by atoms with E-state index in [9.17, 15) is 4.79 Å². The van der Waals surface area contributed by atoms with Crippen LogP contribution in [0.2, 0.25) is 0 Å². The second-order valence-corrected chi connectivity index (χ2v) is 3.38. The fourth-order valence-corrected chi connectivity index (χ4v) is 1.58. The Morgan fingerprint density at radius 2 is 2.21 bits per heavy atom. The first-order chi connectivity index (χ1) is 6.70. The zero-order valence-electron chi connectivity index (χ0n) is 7.32. The molecule has 1 heterocycles. The van der Waals surface area contributed by atoms with Gasteiger partial charge in [-0.15, -0.1) is 0 Å². The van der Waals surface area contributed by atoms with Crippen LogP contribution in [0, 0.1) is 0 Å². The molecule has 0 atom stereocenters. The van der Waals surface area contributed by atoms with Crippen LogP contribution in [-0.4, -0.2) is 16.1 Å². The summed E-state index contributed by atoms with van der Waals surface area (Å²) in [5.74, 6) is -0.286. The summed E-state index contributed by atoms with van der Waals surface area (Å²) in [5, 5.41) is 9.79. The monoisotopic (exact) mass is 207 g/mol. The average Bonchev–Trinajstić information content (AvgIpc) is 2.58. The van der Waals surface area contributed by atoms with E-state index in [-0.39, 0.29) is 0 Å². The van der Waals surface area contributed by atoms with E-state index in [0.29, 0.717) is 11.3 Å². The lowest BCUT2D eigenvalue weighted by Gasteiger charge is -1.93. The number of hydrogen-bond acceptors (Lipinski definition) is 2. The molecular formula is C10H9NO2S. The van der Waals surface area contributed by atoms with Crippen molar-refractivity contribution in [1.82, 2.24) is 4.98 Å². The van der Waals surface area contributed by atoms with E-state index in [2.05, 4.69) is 17.6 Å². The predicted octanol–water partition coefficient (Wildman–Crippen LogP) is 2.30. The van der Waals surface area contributed by atoms with Gasteiger partial charge in [-0.1, -0.05) is 6.07 Å². The Morgan fingerprint density at radius 3 is 2.86 bits per heavy atom. The van der Waals surface area contributed by atoms with E-state index in [1.165, 1.54) is 0 Å². The molecule has 2 aromatic rings. The SMILES string of the molecule is O=C(O)c1ccc2cc(CS)[nH]c2c1. The lowest BCUT2D eigenvalue weighted by molar-refractivity contribution is 0.0697. The van der Waals surface area contributed by atoms with Gasteiger partial charge < -0.3 is 10.1 Å². The summed E-state index contributed by atoms with van der Waals surface area (Å²) in [5.41, 5.74) is 2.13. The molecule has 72 valence electrons. The van der Waals surface area contributed by atoms with Crippen LogP contribution in [0.1, 0.15) is 16.1 Å². The van der Waals surface area contributed by atoms with Crippen molar-refractivity contribution in [2.24, 2.45) is 0 Å². The van der Waals surface area contributed by atoms with Gasteiger partial charge in [0.05, 0.1) is 5.56 Å². The highest BCUT2D eigenvalue weighted by Gasteiger charge is 2.05. The number of nitrogens with one attached hydrogen (secondary N) is 1. The van der Waals surface area contributed by atoms with Gasteiger partial charge in [0.1, 0.15) is 0 Å². The zero-order chi connectivity index (χ0) is 10.1. The first-order valence-electron chi connectivity index (χ1n) is 4.16. The third kappa shape index (κ3) is 1.48. The molecule has 0 aliphatic carbocycles. The number of aromatic nitrogens is 1. The second kappa shape index (κ2) is 3.38. The Bertz CT molecular complexity index is 490. The smallest absolute Gasteiger partial charge is 0.335 e. The summed E-state index contributed by atoms with van der Waals surface area (Å²) in [7, 11) is 0. The van der Waals surface area contributed by atoms with Gasteiger partial charge in [-0.05, 0) is 23.6 Å². The second-order valence-electron chi connectivity index (χ2n) is 3.06. The summed E-state index contributed by atoms with van der Waals surface area (Å²) < 4.78 is 0. The fourth-order valence-electron chi connectivity index (χ4n) is 1.41. The molecule has 4 heteroatoms. The number of rotatable bonds is 2. The summed E-state index contributed by atoms with van der Waals surface area (Å²) in [4.78, 5) is 13.8. The number of benzene rings is 1. The Labute approximate surface area is 86.2 Å². The minimum Gasteiger partial charge on any atom is -0.478 e. The molecule has 14 heavy (non-hydrogen) atoms. The van der Waals surface area contributed by atoms with Crippen molar-refractivity contribution in [1.29, 1.82) is 0 Å². The number of carbonyl (C=O) groups is 1. The normalized spacial score (nSPS) is 10.6. The van der Waals surface area contributed by atoms with E-state index in [4.69, 9.17) is 5.11 Å². The molecule has 0 bridgehead atoms. The van der Waals surface area contributed by atoms with E-state index in [1.807, 2.05) is 6.07 Å². The quantitative estimate of drug-likeness (QED) is 0.662. The number of aromatic carboxylic acids is 1. The van der Waals surface area contributed by atoms with Crippen LogP contribution in [0.5, 0.6) is 0 Å². The molecule has 2 N–H and O–H groups in total. The largest absolute Gasteiger partial charge is 0.478 e. The third-order valence-electron chi connectivity index (χ3n) is 2.10. The molecule has 1 aromatic carbocycles. The molecule has 0 amide bonds. The molecular weight excluding hydrogens is 198 g/mol. The number of fused-ring (bicyclic) bond motifs is 1. The van der Waals surface area contributed by atoms with Crippen molar-refractivity contribution in [3.05, 3.63) is 35.5 Å². The number of thiol groups is 1. The van der Waals surface area contributed by atoms with Gasteiger partial charge in [0, 0.05) is 17.0 Å². The van der Waals surface area contributed by atoms with Gasteiger partial charge >= 0.3 is 5.97 Å². The lowest BCUT2D eigenvalue weighted by Crippen LogP contribution is -1.94. The Balaban J connectivity index is 2.59. The number of H-pyrrole nitrogens is 1. The highest BCUT2D eigenvalue weighted by atomic mass is 32.1. The molecule has 0 saturated heterocycles. The summed E-state index contributed by atoms with van der Waals surface area (Å²) in [6.45, 7) is 0. The van der Waals surface area contributed by atoms with E-state index >= 15 is 0 Å². The number of hydrogen-bond donors (Lipinski definition) is 3. The number of carboxylic acids is 1. The third-order valence-corrected chi connectivity index (χ3v) is 2.44. The molecule has 3 nitrogen and oxygen atoms in total. The highest BCUT2D eigenvalue weighted by molar-refractivity contribution is 7.79. The van der Waals surface area contributed by atoms with Gasteiger partial charge in [0.2, 0.25) is 0 Å². The Hall–Kier alpha value is -1.42. The molecule has 0 unspecified atom stereocenters. The molecule has 0 fully saturated rings. The molecule has 0 saturated carbocycles. The average molecular weight is 207 g/mol. The minimum absolute atomic E-state index is 0.296. The molecule has 0 radical (unpaired) electrons. The van der Waals surface area contributed by atoms with Gasteiger partial charge in [-0.3, -0.25) is 0 Å².